The zero-order chi connectivity index (χ0) is 13.4. The lowest BCUT2D eigenvalue weighted by Gasteiger charge is -2.30. The molecule has 0 aromatic carbocycles. The van der Waals surface area contributed by atoms with Crippen molar-refractivity contribution in [2.75, 3.05) is 26.3 Å². The lowest BCUT2D eigenvalue weighted by atomic mass is 10.0. The molecule has 0 saturated heterocycles. The summed E-state index contributed by atoms with van der Waals surface area (Å²) in [4.78, 5) is 0. The van der Waals surface area contributed by atoms with Gasteiger partial charge in [0.2, 0.25) is 0 Å². The maximum atomic E-state index is 5.93. The third-order valence-electron chi connectivity index (χ3n) is 2.74. The van der Waals surface area contributed by atoms with Crippen LogP contribution in [0.1, 0.15) is 54.4 Å². The number of ether oxygens (including phenoxy) is 2. The average Bonchev–Trinajstić information content (AvgIpc) is 2.24. The Morgan fingerprint density at radius 2 is 1.53 bits per heavy atom. The summed E-state index contributed by atoms with van der Waals surface area (Å²) < 4.78 is 11.6. The number of rotatable bonds is 9. The van der Waals surface area contributed by atoms with E-state index in [1.807, 2.05) is 0 Å². The summed E-state index contributed by atoms with van der Waals surface area (Å²) in [6.07, 6.45) is 2.17. The Kier molecular flexibility index (Phi) is 8.01. The Labute approximate surface area is 107 Å². The molecule has 0 aromatic rings. The Bertz CT molecular complexity index is 189. The van der Waals surface area contributed by atoms with E-state index in [1.165, 1.54) is 0 Å². The van der Waals surface area contributed by atoms with Gasteiger partial charge in [0.25, 0.3) is 0 Å². The van der Waals surface area contributed by atoms with Gasteiger partial charge in [0.1, 0.15) is 0 Å². The van der Waals surface area contributed by atoms with E-state index in [1.54, 1.807) is 0 Å². The summed E-state index contributed by atoms with van der Waals surface area (Å²) in [6.45, 7) is 16.0. The van der Waals surface area contributed by atoms with E-state index in [-0.39, 0.29) is 11.2 Å². The highest BCUT2D eigenvalue weighted by Crippen LogP contribution is 2.14. The van der Waals surface area contributed by atoms with Gasteiger partial charge in [0.15, 0.2) is 0 Å². The molecule has 1 N–H and O–H groups in total. The number of nitrogens with one attached hydrogen (secondary N) is 1. The topological polar surface area (TPSA) is 30.5 Å². The first-order valence-electron chi connectivity index (χ1n) is 6.81. The van der Waals surface area contributed by atoms with Gasteiger partial charge in [-0.15, -0.1) is 0 Å². The molecule has 0 aliphatic heterocycles. The minimum Gasteiger partial charge on any atom is -0.373 e. The van der Waals surface area contributed by atoms with Gasteiger partial charge in [0, 0.05) is 6.54 Å². The van der Waals surface area contributed by atoms with E-state index in [0.29, 0.717) is 13.2 Å². The van der Waals surface area contributed by atoms with Crippen LogP contribution in [0.2, 0.25) is 0 Å². The first kappa shape index (κ1) is 16.9. The lowest BCUT2D eigenvalue weighted by Crippen LogP contribution is -2.41. The van der Waals surface area contributed by atoms with Crippen LogP contribution in [0.3, 0.4) is 0 Å². The van der Waals surface area contributed by atoms with Crippen LogP contribution in [-0.2, 0) is 9.47 Å². The molecule has 0 bridgehead atoms. The lowest BCUT2D eigenvalue weighted by molar-refractivity contribution is -0.0854. The highest BCUT2D eigenvalue weighted by atomic mass is 16.5. The van der Waals surface area contributed by atoms with E-state index in [2.05, 4.69) is 46.9 Å². The summed E-state index contributed by atoms with van der Waals surface area (Å²) in [7, 11) is 0. The van der Waals surface area contributed by atoms with Crippen LogP contribution in [0, 0.1) is 0 Å². The van der Waals surface area contributed by atoms with Crippen molar-refractivity contribution in [3.63, 3.8) is 0 Å². The van der Waals surface area contributed by atoms with Gasteiger partial charge in [-0.25, -0.2) is 0 Å². The van der Waals surface area contributed by atoms with Crippen molar-refractivity contribution < 1.29 is 9.47 Å². The van der Waals surface area contributed by atoms with Crippen LogP contribution in [0.15, 0.2) is 0 Å². The Balaban J connectivity index is 3.79. The highest BCUT2D eigenvalue weighted by Gasteiger charge is 2.22. The van der Waals surface area contributed by atoms with Crippen LogP contribution < -0.4 is 5.32 Å². The van der Waals surface area contributed by atoms with E-state index in [4.69, 9.17) is 9.47 Å². The second-order valence-electron chi connectivity index (χ2n) is 5.79. The third-order valence-corrected chi connectivity index (χ3v) is 2.74. The van der Waals surface area contributed by atoms with Gasteiger partial charge >= 0.3 is 0 Å². The molecule has 104 valence electrons. The molecule has 1 atom stereocenters. The van der Waals surface area contributed by atoms with E-state index in [9.17, 15) is 0 Å². The zero-order valence-corrected chi connectivity index (χ0v) is 12.6. The van der Waals surface area contributed by atoms with Crippen LogP contribution in [0.25, 0.3) is 0 Å². The first-order chi connectivity index (χ1) is 7.83. The summed E-state index contributed by atoms with van der Waals surface area (Å²) >= 11 is 0. The van der Waals surface area contributed by atoms with Gasteiger partial charge in [-0.1, -0.05) is 13.8 Å². The van der Waals surface area contributed by atoms with Crippen molar-refractivity contribution in [3.05, 3.63) is 0 Å². The summed E-state index contributed by atoms with van der Waals surface area (Å²) in [5.74, 6) is 0. The maximum Gasteiger partial charge on any atom is 0.0776 e. The highest BCUT2D eigenvalue weighted by molar-refractivity contribution is 4.76. The Hall–Kier alpha value is -0.120. The third kappa shape index (κ3) is 9.57. The smallest absolute Gasteiger partial charge is 0.0776 e. The van der Waals surface area contributed by atoms with Crippen LogP contribution >= 0.6 is 0 Å². The molecule has 0 aromatic heterocycles. The Morgan fingerprint density at radius 1 is 0.941 bits per heavy atom. The zero-order valence-electron chi connectivity index (χ0n) is 12.6. The van der Waals surface area contributed by atoms with Gasteiger partial charge in [-0.2, -0.15) is 0 Å². The van der Waals surface area contributed by atoms with Crippen molar-refractivity contribution in [1.82, 2.24) is 5.32 Å². The quantitative estimate of drug-likeness (QED) is 0.633. The molecule has 0 radical (unpaired) electrons. The van der Waals surface area contributed by atoms with Gasteiger partial charge in [-0.05, 0) is 47.1 Å². The minimum absolute atomic E-state index is 0.0730. The summed E-state index contributed by atoms with van der Waals surface area (Å²) in [5, 5.41) is 3.42. The molecule has 0 rings (SSSR count). The molecule has 3 nitrogen and oxygen atoms in total. The predicted molar refractivity (Wildman–Crippen MR) is 73.5 cm³/mol. The fraction of sp³-hybridized carbons (Fsp3) is 1.00. The fourth-order valence-electron chi connectivity index (χ4n) is 1.44. The normalized spacial score (nSPS) is 15.9. The molecule has 0 amide bonds. The van der Waals surface area contributed by atoms with Crippen molar-refractivity contribution in [1.29, 1.82) is 0 Å². The van der Waals surface area contributed by atoms with Crippen LogP contribution in [-0.4, -0.2) is 37.5 Å². The second kappa shape index (κ2) is 8.06. The maximum absolute atomic E-state index is 5.93. The monoisotopic (exact) mass is 245 g/mol. The molecule has 0 saturated carbocycles. The minimum atomic E-state index is -0.0769. The molecule has 3 heteroatoms. The van der Waals surface area contributed by atoms with Gasteiger partial charge in [0.05, 0.1) is 24.4 Å². The van der Waals surface area contributed by atoms with Crippen molar-refractivity contribution in [2.45, 2.75) is 65.6 Å². The van der Waals surface area contributed by atoms with E-state index >= 15 is 0 Å². The standard InChI is InChI=1S/C14H31NO2/c1-7-9-15-12-14(6,8-2)17-11-10-16-13(3,4)5/h15H,7-12H2,1-6H3. The second-order valence-corrected chi connectivity index (χ2v) is 5.79. The van der Waals surface area contributed by atoms with Crippen molar-refractivity contribution in [2.24, 2.45) is 0 Å². The number of hydrogen-bond acceptors (Lipinski definition) is 3. The summed E-state index contributed by atoms with van der Waals surface area (Å²) in [5.41, 5.74) is -0.150. The molecular formula is C14H31NO2. The molecule has 0 heterocycles. The molecule has 0 aliphatic carbocycles. The van der Waals surface area contributed by atoms with Crippen LogP contribution in [0.5, 0.6) is 0 Å². The molecule has 17 heavy (non-hydrogen) atoms. The largest absolute Gasteiger partial charge is 0.373 e. The predicted octanol–water partition coefficient (Wildman–Crippen LogP) is 2.99. The van der Waals surface area contributed by atoms with E-state index in [0.717, 1.165) is 25.9 Å². The van der Waals surface area contributed by atoms with Gasteiger partial charge < -0.3 is 14.8 Å². The van der Waals surface area contributed by atoms with Crippen molar-refractivity contribution in [3.8, 4) is 0 Å². The van der Waals surface area contributed by atoms with Crippen LogP contribution in [0.4, 0.5) is 0 Å². The van der Waals surface area contributed by atoms with Crippen molar-refractivity contribution >= 4 is 0 Å². The SMILES string of the molecule is CCCNCC(C)(CC)OCCOC(C)(C)C. The molecule has 0 fully saturated rings. The molecular weight excluding hydrogens is 214 g/mol. The molecule has 1 unspecified atom stereocenters. The van der Waals surface area contributed by atoms with Gasteiger partial charge in [-0.3, -0.25) is 0 Å². The Morgan fingerprint density at radius 3 is 2.00 bits per heavy atom. The first-order valence-corrected chi connectivity index (χ1v) is 6.81. The van der Waals surface area contributed by atoms with E-state index < -0.39 is 0 Å². The summed E-state index contributed by atoms with van der Waals surface area (Å²) in [6, 6.07) is 0. The molecule has 0 spiro atoms. The fourth-order valence-corrected chi connectivity index (χ4v) is 1.44. The average molecular weight is 245 g/mol. The number of hydrogen-bond donors (Lipinski definition) is 1. The molecule has 0 aliphatic rings.